The Morgan fingerprint density at radius 3 is 2.42 bits per heavy atom. The molecule has 2 saturated carbocycles. The fourth-order valence-corrected chi connectivity index (χ4v) is 6.62. The normalized spacial score (nSPS) is 16.2. The smallest absolute Gasteiger partial charge is 0.270 e. The van der Waals surface area contributed by atoms with Crippen molar-refractivity contribution in [1.82, 2.24) is 34.7 Å². The van der Waals surface area contributed by atoms with Crippen LogP contribution in [0.25, 0.3) is 0 Å². The Hall–Kier alpha value is -3.25. The van der Waals surface area contributed by atoms with E-state index in [9.17, 15) is 9.59 Å². The molecule has 0 aliphatic heterocycles. The molecule has 2 fully saturated rings. The van der Waals surface area contributed by atoms with E-state index in [4.69, 9.17) is 9.84 Å². The van der Waals surface area contributed by atoms with Crippen molar-refractivity contribution in [1.29, 1.82) is 0 Å². The summed E-state index contributed by atoms with van der Waals surface area (Å²) in [5.74, 6) is 0.633. The van der Waals surface area contributed by atoms with E-state index in [0.29, 0.717) is 36.5 Å². The molecule has 2 amide bonds. The van der Waals surface area contributed by atoms with Crippen molar-refractivity contribution in [2.24, 2.45) is 17.8 Å². The van der Waals surface area contributed by atoms with Crippen LogP contribution in [-0.4, -0.2) is 61.9 Å². The summed E-state index contributed by atoms with van der Waals surface area (Å²) in [4.78, 5) is 27.2. The molecule has 0 saturated heterocycles. The number of aromatic nitrogens is 6. The lowest BCUT2D eigenvalue weighted by molar-refractivity contribution is -0.119. The molecule has 2 aliphatic rings. The number of nitrogens with one attached hydrogen (secondary N) is 2. The number of hydrogen-bond donors (Lipinski definition) is 2. The Morgan fingerprint density at radius 1 is 1.09 bits per heavy atom. The van der Waals surface area contributed by atoms with Gasteiger partial charge in [-0.15, -0.1) is 0 Å². The molecule has 43 heavy (non-hydrogen) atoms. The topological polar surface area (TPSA) is 121 Å². The van der Waals surface area contributed by atoms with Gasteiger partial charge in [-0.2, -0.15) is 15.3 Å². The molecular weight excluding hydrogens is 560 g/mol. The number of ether oxygens (including phenoxy) is 1. The van der Waals surface area contributed by atoms with E-state index in [1.165, 1.54) is 0 Å². The van der Waals surface area contributed by atoms with Crippen molar-refractivity contribution in [2.75, 3.05) is 11.9 Å². The average molecular weight is 609 g/mol. The van der Waals surface area contributed by atoms with E-state index in [1.54, 1.807) is 23.1 Å². The van der Waals surface area contributed by atoms with Gasteiger partial charge in [0.1, 0.15) is 18.5 Å². The SMILES string of the molecule is Cc1nn(COCC[Si](C)(C)C)c(C)c1Cn1cc(NC(=O)[C@@H](NC(=O)c2ccnn2C(C)C)C(C2CC2)C2CC2)cn1. The minimum Gasteiger partial charge on any atom is -0.360 e. The second-order valence-corrected chi connectivity index (χ2v) is 19.5. The van der Waals surface area contributed by atoms with Gasteiger partial charge < -0.3 is 15.4 Å². The molecule has 2 aliphatic carbocycles. The number of aryl methyl sites for hydroxylation is 1. The van der Waals surface area contributed by atoms with Gasteiger partial charge in [0, 0.05) is 44.4 Å². The van der Waals surface area contributed by atoms with E-state index in [0.717, 1.165) is 55.3 Å². The van der Waals surface area contributed by atoms with Crippen molar-refractivity contribution < 1.29 is 14.3 Å². The molecule has 0 aromatic carbocycles. The lowest BCUT2D eigenvalue weighted by Gasteiger charge is -2.27. The summed E-state index contributed by atoms with van der Waals surface area (Å²) in [6.07, 6.45) is 9.58. The van der Waals surface area contributed by atoms with Crippen molar-refractivity contribution >= 4 is 25.6 Å². The van der Waals surface area contributed by atoms with E-state index >= 15 is 0 Å². The highest BCUT2D eigenvalue weighted by Gasteiger charge is 2.48. The molecule has 0 spiro atoms. The molecule has 1 atom stereocenters. The largest absolute Gasteiger partial charge is 0.360 e. The highest BCUT2D eigenvalue weighted by Crippen LogP contribution is 2.51. The van der Waals surface area contributed by atoms with Crippen molar-refractivity contribution in [3.63, 3.8) is 0 Å². The lowest BCUT2D eigenvalue weighted by Crippen LogP contribution is -2.50. The molecule has 12 heteroatoms. The van der Waals surface area contributed by atoms with Gasteiger partial charge in [-0.3, -0.25) is 19.0 Å². The third-order valence-corrected chi connectivity index (χ3v) is 10.3. The van der Waals surface area contributed by atoms with E-state index in [1.807, 2.05) is 36.3 Å². The molecule has 0 bridgehead atoms. The summed E-state index contributed by atoms with van der Waals surface area (Å²) in [7, 11) is -1.14. The number of rotatable bonds is 15. The molecule has 5 rings (SSSR count). The van der Waals surface area contributed by atoms with Crippen LogP contribution in [0.1, 0.15) is 73.0 Å². The first-order valence-electron chi connectivity index (χ1n) is 15.7. The average Bonchev–Trinajstić information content (AvgIpc) is 3.84. The predicted molar refractivity (Wildman–Crippen MR) is 169 cm³/mol. The minimum atomic E-state index is -1.14. The monoisotopic (exact) mass is 608 g/mol. The molecule has 3 aromatic heterocycles. The lowest BCUT2D eigenvalue weighted by atomic mass is 9.88. The van der Waals surface area contributed by atoms with Crippen LogP contribution in [0.5, 0.6) is 0 Å². The summed E-state index contributed by atoms with van der Waals surface area (Å²) in [6, 6.07) is 2.26. The molecule has 0 unspecified atom stereocenters. The van der Waals surface area contributed by atoms with Crippen LogP contribution in [0.2, 0.25) is 25.7 Å². The number of carbonyl (C=O) groups is 2. The number of hydrogen-bond acceptors (Lipinski definition) is 6. The van der Waals surface area contributed by atoms with Gasteiger partial charge in [-0.05, 0) is 83.2 Å². The van der Waals surface area contributed by atoms with Gasteiger partial charge in [-0.25, -0.2) is 4.68 Å². The van der Waals surface area contributed by atoms with Gasteiger partial charge in [0.25, 0.3) is 5.91 Å². The van der Waals surface area contributed by atoms with Gasteiger partial charge in [0.15, 0.2) is 0 Å². The molecule has 3 heterocycles. The molecular formula is C31H48N8O3Si. The Labute approximate surface area is 255 Å². The fraction of sp³-hybridized carbons (Fsp3) is 0.645. The fourth-order valence-electron chi connectivity index (χ4n) is 5.86. The number of anilines is 1. The summed E-state index contributed by atoms with van der Waals surface area (Å²) in [6.45, 7) is 16.8. The predicted octanol–water partition coefficient (Wildman–Crippen LogP) is 5.01. The second-order valence-electron chi connectivity index (χ2n) is 13.9. The van der Waals surface area contributed by atoms with Crippen LogP contribution in [0.15, 0.2) is 24.7 Å². The van der Waals surface area contributed by atoms with Crippen LogP contribution >= 0.6 is 0 Å². The van der Waals surface area contributed by atoms with Gasteiger partial charge in [0.05, 0.1) is 24.1 Å². The van der Waals surface area contributed by atoms with Crippen molar-refractivity contribution in [3.8, 4) is 0 Å². The zero-order valence-corrected chi connectivity index (χ0v) is 27.8. The Balaban J connectivity index is 1.25. The van der Waals surface area contributed by atoms with Gasteiger partial charge >= 0.3 is 0 Å². The summed E-state index contributed by atoms with van der Waals surface area (Å²) in [5.41, 5.74) is 4.15. The molecule has 0 radical (unpaired) electrons. The van der Waals surface area contributed by atoms with Crippen molar-refractivity contribution in [2.45, 2.75) is 104 Å². The highest BCUT2D eigenvalue weighted by atomic mass is 28.3. The summed E-state index contributed by atoms with van der Waals surface area (Å²) in [5, 5.41) is 19.7. The molecule has 234 valence electrons. The molecule has 11 nitrogen and oxygen atoms in total. The van der Waals surface area contributed by atoms with Crippen LogP contribution in [-0.2, 0) is 22.8 Å². The third kappa shape index (κ3) is 7.83. The Bertz CT molecular complexity index is 1410. The molecule has 2 N–H and O–H groups in total. The maximum Gasteiger partial charge on any atom is 0.270 e. The first kappa shape index (κ1) is 31.2. The minimum absolute atomic E-state index is 0.0402. The first-order chi connectivity index (χ1) is 20.4. The second kappa shape index (κ2) is 12.8. The van der Waals surface area contributed by atoms with Crippen LogP contribution < -0.4 is 10.6 Å². The Morgan fingerprint density at radius 2 is 1.79 bits per heavy atom. The standard InChI is InChI=1S/C31H48N8O3Si/c1-20(2)39-27(12-13-32-39)30(40)35-29(28(23-8-9-23)24-10-11-24)31(41)34-25-16-33-37(17-25)18-26-21(3)36-38(22(26)4)19-42-14-15-43(5,6)7/h12-13,16-17,20,23-24,28-29H,8-11,14-15,18-19H2,1-7H3,(H,34,41)(H,35,40)/t29-/m0/s1. The van der Waals surface area contributed by atoms with Crippen LogP contribution in [0.4, 0.5) is 5.69 Å². The Kier molecular flexibility index (Phi) is 9.26. The summed E-state index contributed by atoms with van der Waals surface area (Å²) >= 11 is 0. The maximum atomic E-state index is 13.8. The van der Waals surface area contributed by atoms with Crippen LogP contribution in [0.3, 0.4) is 0 Å². The maximum absolute atomic E-state index is 13.8. The third-order valence-electron chi connectivity index (χ3n) is 8.64. The zero-order valence-electron chi connectivity index (χ0n) is 26.8. The number of nitrogens with zero attached hydrogens (tertiary/aromatic N) is 6. The van der Waals surface area contributed by atoms with E-state index < -0.39 is 14.1 Å². The van der Waals surface area contributed by atoms with Gasteiger partial charge in [-0.1, -0.05) is 19.6 Å². The van der Waals surface area contributed by atoms with Crippen molar-refractivity contribution in [3.05, 3.63) is 47.3 Å². The van der Waals surface area contributed by atoms with E-state index in [-0.39, 0.29) is 23.8 Å². The van der Waals surface area contributed by atoms with Gasteiger partial charge in [0.2, 0.25) is 5.91 Å². The van der Waals surface area contributed by atoms with Crippen LogP contribution in [0, 0.1) is 31.6 Å². The molecule has 3 aromatic rings. The first-order valence-corrected chi connectivity index (χ1v) is 19.4. The number of carbonyl (C=O) groups excluding carboxylic acids is 2. The zero-order chi connectivity index (χ0) is 30.9. The number of amides is 2. The summed E-state index contributed by atoms with van der Waals surface area (Å²) < 4.78 is 11.4. The highest BCUT2D eigenvalue weighted by molar-refractivity contribution is 6.76. The quantitative estimate of drug-likeness (QED) is 0.185. The van der Waals surface area contributed by atoms with E-state index in [2.05, 4.69) is 47.4 Å².